The number of anilines is 1. The lowest BCUT2D eigenvalue weighted by atomic mass is 10.3. The Kier molecular flexibility index (Phi) is 3.75. The molecule has 2 aromatic rings. The molecule has 0 fully saturated rings. The number of rotatable bonds is 3. The molecule has 18 heavy (non-hydrogen) atoms. The van der Waals surface area contributed by atoms with Crippen LogP contribution in [0.3, 0.4) is 0 Å². The van der Waals surface area contributed by atoms with Gasteiger partial charge in [0.1, 0.15) is 11.5 Å². The first kappa shape index (κ1) is 12.7. The molecule has 0 unspecified atom stereocenters. The zero-order chi connectivity index (χ0) is 13.1. The predicted octanol–water partition coefficient (Wildman–Crippen LogP) is 2.51. The van der Waals surface area contributed by atoms with Crippen LogP contribution in [-0.4, -0.2) is 20.2 Å². The van der Waals surface area contributed by atoms with E-state index in [-0.39, 0.29) is 22.3 Å². The quantitative estimate of drug-likeness (QED) is 0.876. The molecule has 1 aromatic heterocycles. The van der Waals surface area contributed by atoms with Crippen molar-refractivity contribution in [2.75, 3.05) is 5.23 Å². The fourth-order valence-corrected chi connectivity index (χ4v) is 1.40. The molecule has 1 N–H and O–H groups in total. The molecule has 6 nitrogen and oxygen atoms in total. The van der Waals surface area contributed by atoms with Gasteiger partial charge < -0.3 is 4.84 Å². The molecule has 94 valence electrons. The number of benzene rings is 1. The Morgan fingerprint density at radius 3 is 2.17 bits per heavy atom. The van der Waals surface area contributed by atoms with Gasteiger partial charge in [-0.3, -0.25) is 5.21 Å². The Bertz CT molecular complexity index is 535. The highest BCUT2D eigenvalue weighted by atomic mass is 35.5. The summed E-state index contributed by atoms with van der Waals surface area (Å²) in [6.07, 6.45) is 0. The van der Waals surface area contributed by atoms with Gasteiger partial charge in [-0.25, -0.2) is 4.39 Å². The van der Waals surface area contributed by atoms with Gasteiger partial charge in [-0.15, -0.1) is 0 Å². The van der Waals surface area contributed by atoms with Gasteiger partial charge in [0.2, 0.25) is 10.6 Å². The summed E-state index contributed by atoms with van der Waals surface area (Å²) >= 11 is 11.0. The maximum absolute atomic E-state index is 12.7. The highest BCUT2D eigenvalue weighted by molar-refractivity contribution is 6.31. The highest BCUT2D eigenvalue weighted by Gasteiger charge is 2.10. The standard InChI is InChI=1S/C9H5Cl2FN4O2/c10-7-13-8(11)15-9(14-7)18-16(17)6-3-1-5(12)2-4-6/h1-4,17H. The van der Waals surface area contributed by atoms with Gasteiger partial charge in [-0.1, -0.05) is 5.23 Å². The molecule has 0 saturated heterocycles. The Morgan fingerprint density at radius 1 is 1.06 bits per heavy atom. The maximum atomic E-state index is 12.7. The summed E-state index contributed by atoms with van der Waals surface area (Å²) in [5.41, 5.74) is 0.170. The number of nitrogens with zero attached hydrogens (tertiary/aromatic N) is 4. The number of hydrogen-bond donors (Lipinski definition) is 1. The van der Waals surface area contributed by atoms with E-state index in [1.54, 1.807) is 0 Å². The monoisotopic (exact) mass is 290 g/mol. The lowest BCUT2D eigenvalue weighted by Gasteiger charge is -2.14. The smallest absolute Gasteiger partial charge is 0.311 e. The van der Waals surface area contributed by atoms with Gasteiger partial charge in [0, 0.05) is 0 Å². The minimum Gasteiger partial charge on any atom is -0.311 e. The molecule has 0 aliphatic carbocycles. The molecular formula is C9H5Cl2FN4O2. The third-order valence-electron chi connectivity index (χ3n) is 1.78. The second-order valence-corrected chi connectivity index (χ2v) is 3.67. The fraction of sp³-hybridized carbons (Fsp3) is 0. The van der Waals surface area contributed by atoms with Crippen molar-refractivity contribution in [2.45, 2.75) is 0 Å². The van der Waals surface area contributed by atoms with Crippen molar-refractivity contribution in [1.29, 1.82) is 0 Å². The molecule has 0 radical (unpaired) electrons. The van der Waals surface area contributed by atoms with Crippen molar-refractivity contribution in [3.05, 3.63) is 40.6 Å². The van der Waals surface area contributed by atoms with E-state index >= 15 is 0 Å². The summed E-state index contributed by atoms with van der Waals surface area (Å²) < 4.78 is 12.7. The van der Waals surface area contributed by atoms with Crippen LogP contribution in [0.5, 0.6) is 6.01 Å². The van der Waals surface area contributed by atoms with Crippen LogP contribution >= 0.6 is 23.2 Å². The molecular weight excluding hydrogens is 286 g/mol. The second kappa shape index (κ2) is 5.30. The number of halogens is 3. The summed E-state index contributed by atoms with van der Waals surface area (Å²) in [7, 11) is 0. The van der Waals surface area contributed by atoms with Gasteiger partial charge >= 0.3 is 6.01 Å². The first-order valence-corrected chi connectivity index (χ1v) is 5.30. The molecule has 2 rings (SSSR count). The lowest BCUT2D eigenvalue weighted by Crippen LogP contribution is -2.23. The molecule has 1 aromatic carbocycles. The SMILES string of the molecule is ON(Oc1nc(Cl)nc(Cl)n1)c1ccc(F)cc1. The molecule has 0 bridgehead atoms. The van der Waals surface area contributed by atoms with Crippen LogP contribution in [0.15, 0.2) is 24.3 Å². The van der Waals surface area contributed by atoms with Gasteiger partial charge in [0.15, 0.2) is 0 Å². The van der Waals surface area contributed by atoms with E-state index in [0.29, 0.717) is 5.23 Å². The summed E-state index contributed by atoms with van der Waals surface area (Å²) in [6, 6.07) is 4.58. The van der Waals surface area contributed by atoms with Gasteiger partial charge in [0.05, 0.1) is 0 Å². The zero-order valence-corrected chi connectivity index (χ0v) is 10.1. The Morgan fingerprint density at radius 2 is 1.61 bits per heavy atom. The largest absolute Gasteiger partial charge is 0.351 e. The van der Waals surface area contributed by atoms with Crippen LogP contribution in [0.4, 0.5) is 10.1 Å². The summed E-state index contributed by atoms with van der Waals surface area (Å²) in [4.78, 5) is 15.5. The van der Waals surface area contributed by atoms with Crippen molar-refractivity contribution >= 4 is 28.9 Å². The molecule has 0 aliphatic heterocycles. The van der Waals surface area contributed by atoms with E-state index in [1.165, 1.54) is 12.1 Å². The van der Waals surface area contributed by atoms with Crippen molar-refractivity contribution < 1.29 is 14.4 Å². The van der Waals surface area contributed by atoms with Gasteiger partial charge in [-0.2, -0.15) is 15.0 Å². The Balaban J connectivity index is 2.15. The highest BCUT2D eigenvalue weighted by Crippen LogP contribution is 2.16. The first-order valence-electron chi connectivity index (χ1n) is 4.54. The summed E-state index contributed by atoms with van der Waals surface area (Å²) in [5.74, 6) is -0.446. The first-order chi connectivity index (χ1) is 8.54. The second-order valence-electron chi connectivity index (χ2n) is 3.00. The number of hydrogen-bond acceptors (Lipinski definition) is 6. The summed E-state index contributed by atoms with van der Waals surface area (Å²) in [5, 5.41) is 9.53. The van der Waals surface area contributed by atoms with Crippen LogP contribution in [0.1, 0.15) is 0 Å². The normalized spacial score (nSPS) is 10.2. The number of aromatic nitrogens is 3. The van der Waals surface area contributed by atoms with E-state index in [0.717, 1.165) is 12.1 Å². The average molecular weight is 291 g/mol. The van der Waals surface area contributed by atoms with Crippen LogP contribution in [0, 0.1) is 5.82 Å². The van der Waals surface area contributed by atoms with Crippen molar-refractivity contribution in [1.82, 2.24) is 15.0 Å². The molecule has 0 amide bonds. The molecule has 1 heterocycles. The lowest BCUT2D eigenvalue weighted by molar-refractivity contribution is 0.0427. The molecule has 0 aliphatic rings. The zero-order valence-electron chi connectivity index (χ0n) is 8.59. The fourth-order valence-electron chi connectivity index (χ4n) is 1.05. The molecule has 0 atom stereocenters. The predicted molar refractivity (Wildman–Crippen MR) is 61.1 cm³/mol. The van der Waals surface area contributed by atoms with E-state index < -0.39 is 5.82 Å². The minimum absolute atomic E-state index is 0.170. The molecule has 0 saturated carbocycles. The van der Waals surface area contributed by atoms with Crippen molar-refractivity contribution in [2.24, 2.45) is 0 Å². The van der Waals surface area contributed by atoms with Crippen LogP contribution in [0.2, 0.25) is 10.6 Å². The van der Waals surface area contributed by atoms with E-state index in [9.17, 15) is 9.60 Å². The average Bonchev–Trinajstić information content (AvgIpc) is 2.28. The van der Waals surface area contributed by atoms with Gasteiger partial charge in [-0.05, 0) is 47.5 Å². The third-order valence-corrected chi connectivity index (χ3v) is 2.11. The van der Waals surface area contributed by atoms with Crippen molar-refractivity contribution in [3.8, 4) is 6.01 Å². The maximum Gasteiger partial charge on any atom is 0.351 e. The Labute approximate surface area is 110 Å². The molecule has 0 spiro atoms. The van der Waals surface area contributed by atoms with Crippen LogP contribution in [0.25, 0.3) is 0 Å². The topological polar surface area (TPSA) is 71.4 Å². The van der Waals surface area contributed by atoms with Crippen molar-refractivity contribution in [3.63, 3.8) is 0 Å². The third kappa shape index (κ3) is 3.16. The van der Waals surface area contributed by atoms with Crippen LogP contribution in [-0.2, 0) is 0 Å². The minimum atomic E-state index is -0.446. The van der Waals surface area contributed by atoms with Gasteiger partial charge in [0.25, 0.3) is 0 Å². The van der Waals surface area contributed by atoms with Crippen LogP contribution < -0.4 is 10.1 Å². The summed E-state index contributed by atoms with van der Waals surface area (Å²) in [6.45, 7) is 0. The molecule has 9 heteroatoms. The van der Waals surface area contributed by atoms with E-state index in [4.69, 9.17) is 28.0 Å². The van der Waals surface area contributed by atoms with E-state index in [2.05, 4.69) is 15.0 Å². The Hall–Kier alpha value is -1.70. The van der Waals surface area contributed by atoms with E-state index in [1.807, 2.05) is 0 Å².